The molecular weight excluding hydrogens is 297 g/mol. The summed E-state index contributed by atoms with van der Waals surface area (Å²) in [6.45, 7) is 0.568. The lowest BCUT2D eigenvalue weighted by molar-refractivity contribution is 0.0707. The predicted molar refractivity (Wildman–Crippen MR) is 85.4 cm³/mol. The largest absolute Gasteiger partial charge is 0.395 e. The van der Waals surface area contributed by atoms with Gasteiger partial charge in [-0.15, -0.1) is 0 Å². The second kappa shape index (κ2) is 8.41. The molecule has 0 fully saturated rings. The number of carbonyl (C=O) groups excluding carboxylic acids is 1. The van der Waals surface area contributed by atoms with E-state index in [0.717, 1.165) is 5.56 Å². The van der Waals surface area contributed by atoms with Crippen LogP contribution in [0, 0.1) is 5.82 Å². The number of ether oxygens (including phenoxy) is 1. The Morgan fingerprint density at radius 1 is 1.22 bits per heavy atom. The van der Waals surface area contributed by atoms with Crippen molar-refractivity contribution in [1.29, 1.82) is 0 Å². The molecule has 0 spiro atoms. The topological polar surface area (TPSA) is 49.8 Å². The van der Waals surface area contributed by atoms with E-state index in [1.54, 1.807) is 4.90 Å². The number of carbonyl (C=O) groups is 1. The van der Waals surface area contributed by atoms with Crippen LogP contribution in [0.25, 0.3) is 0 Å². The van der Waals surface area contributed by atoms with Gasteiger partial charge >= 0.3 is 0 Å². The number of rotatable bonds is 7. The van der Waals surface area contributed by atoms with E-state index in [1.807, 2.05) is 30.3 Å². The summed E-state index contributed by atoms with van der Waals surface area (Å²) in [5.41, 5.74) is 1.68. The van der Waals surface area contributed by atoms with Crippen molar-refractivity contribution in [3.8, 4) is 0 Å². The molecule has 23 heavy (non-hydrogen) atoms. The maximum absolute atomic E-state index is 13.7. The number of hydrogen-bond acceptors (Lipinski definition) is 3. The van der Waals surface area contributed by atoms with E-state index in [-0.39, 0.29) is 25.7 Å². The Hall–Kier alpha value is -2.24. The van der Waals surface area contributed by atoms with Gasteiger partial charge in [0.05, 0.1) is 13.2 Å². The molecule has 2 aromatic carbocycles. The van der Waals surface area contributed by atoms with Crippen LogP contribution in [0.5, 0.6) is 0 Å². The molecule has 0 aromatic heterocycles. The molecule has 1 N–H and O–H groups in total. The summed E-state index contributed by atoms with van der Waals surface area (Å²) in [6, 6.07) is 13.7. The fraction of sp³-hybridized carbons (Fsp3) is 0.278. The fourth-order valence-corrected chi connectivity index (χ4v) is 2.33. The van der Waals surface area contributed by atoms with Crippen molar-refractivity contribution in [3.05, 3.63) is 71.0 Å². The van der Waals surface area contributed by atoms with Gasteiger partial charge in [-0.1, -0.05) is 30.3 Å². The van der Waals surface area contributed by atoms with Crippen molar-refractivity contribution >= 4 is 5.91 Å². The van der Waals surface area contributed by atoms with E-state index in [4.69, 9.17) is 4.74 Å². The van der Waals surface area contributed by atoms with Crippen molar-refractivity contribution in [2.24, 2.45) is 0 Å². The van der Waals surface area contributed by atoms with E-state index in [9.17, 15) is 14.3 Å². The Morgan fingerprint density at radius 2 is 1.96 bits per heavy atom. The number of aliphatic hydroxyl groups is 1. The third-order valence-corrected chi connectivity index (χ3v) is 3.47. The summed E-state index contributed by atoms with van der Waals surface area (Å²) >= 11 is 0. The summed E-state index contributed by atoms with van der Waals surface area (Å²) in [4.78, 5) is 14.2. The van der Waals surface area contributed by atoms with E-state index in [2.05, 4.69) is 0 Å². The van der Waals surface area contributed by atoms with Gasteiger partial charge in [0, 0.05) is 31.3 Å². The van der Waals surface area contributed by atoms with E-state index in [0.29, 0.717) is 17.7 Å². The van der Waals surface area contributed by atoms with Crippen LogP contribution in [0.15, 0.2) is 48.5 Å². The highest BCUT2D eigenvalue weighted by molar-refractivity contribution is 5.94. The maximum atomic E-state index is 13.7. The standard InChI is InChI=1S/C18H20FNO3/c1-23-13-16-11-15(7-8-17(16)19)18(22)20(9-10-21)12-14-5-3-2-4-6-14/h2-8,11,21H,9-10,12-13H2,1H3. The van der Waals surface area contributed by atoms with Crippen LogP contribution in [0.4, 0.5) is 4.39 Å². The maximum Gasteiger partial charge on any atom is 0.254 e. The average Bonchev–Trinajstić information content (AvgIpc) is 2.57. The molecular formula is C18H20FNO3. The van der Waals surface area contributed by atoms with Crippen LogP contribution in [-0.4, -0.2) is 36.2 Å². The van der Waals surface area contributed by atoms with Crippen LogP contribution in [-0.2, 0) is 17.9 Å². The van der Waals surface area contributed by atoms with Gasteiger partial charge in [0.15, 0.2) is 0 Å². The van der Waals surface area contributed by atoms with Crippen molar-refractivity contribution < 1.29 is 19.0 Å². The molecule has 0 heterocycles. The molecule has 5 heteroatoms. The fourth-order valence-electron chi connectivity index (χ4n) is 2.33. The molecule has 1 amide bonds. The molecule has 0 aliphatic rings. The van der Waals surface area contributed by atoms with Crippen LogP contribution in [0.1, 0.15) is 21.5 Å². The first-order valence-corrected chi connectivity index (χ1v) is 7.37. The lowest BCUT2D eigenvalue weighted by atomic mass is 10.1. The highest BCUT2D eigenvalue weighted by atomic mass is 19.1. The van der Waals surface area contributed by atoms with Gasteiger partial charge in [0.2, 0.25) is 0 Å². The molecule has 0 aliphatic heterocycles. The minimum atomic E-state index is -0.403. The highest BCUT2D eigenvalue weighted by Gasteiger charge is 2.17. The molecule has 0 bridgehead atoms. The predicted octanol–water partition coefficient (Wildman–Crippen LogP) is 2.61. The number of methoxy groups -OCH3 is 1. The molecule has 2 rings (SSSR count). The molecule has 2 aromatic rings. The lowest BCUT2D eigenvalue weighted by Gasteiger charge is -2.22. The molecule has 0 atom stereocenters. The normalized spacial score (nSPS) is 10.6. The summed E-state index contributed by atoms with van der Waals surface area (Å²) in [5.74, 6) is -0.652. The molecule has 0 unspecified atom stereocenters. The minimum absolute atomic E-state index is 0.103. The number of amides is 1. The zero-order valence-corrected chi connectivity index (χ0v) is 13.0. The number of halogens is 1. The number of aliphatic hydroxyl groups excluding tert-OH is 1. The third kappa shape index (κ3) is 4.61. The SMILES string of the molecule is COCc1cc(C(=O)N(CCO)Cc2ccccc2)ccc1F. The zero-order valence-electron chi connectivity index (χ0n) is 13.0. The summed E-state index contributed by atoms with van der Waals surface area (Å²) in [5, 5.41) is 9.22. The van der Waals surface area contributed by atoms with Gasteiger partial charge < -0.3 is 14.7 Å². The van der Waals surface area contributed by atoms with E-state index >= 15 is 0 Å². The van der Waals surface area contributed by atoms with Crippen molar-refractivity contribution in [2.45, 2.75) is 13.2 Å². The Balaban J connectivity index is 2.22. The Morgan fingerprint density at radius 3 is 2.61 bits per heavy atom. The van der Waals surface area contributed by atoms with Gasteiger partial charge in [-0.25, -0.2) is 4.39 Å². The van der Waals surface area contributed by atoms with Gasteiger partial charge in [-0.3, -0.25) is 4.79 Å². The molecule has 0 aliphatic carbocycles. The average molecular weight is 317 g/mol. The highest BCUT2D eigenvalue weighted by Crippen LogP contribution is 2.15. The Bertz CT molecular complexity index is 646. The van der Waals surface area contributed by atoms with Gasteiger partial charge in [-0.2, -0.15) is 0 Å². The molecule has 4 nitrogen and oxygen atoms in total. The Kier molecular flexibility index (Phi) is 6.26. The smallest absolute Gasteiger partial charge is 0.254 e. The van der Waals surface area contributed by atoms with Crippen LogP contribution in [0.3, 0.4) is 0 Å². The van der Waals surface area contributed by atoms with Crippen molar-refractivity contribution in [2.75, 3.05) is 20.3 Å². The summed E-state index contributed by atoms with van der Waals surface area (Å²) in [7, 11) is 1.47. The molecule has 0 saturated carbocycles. The number of nitrogens with zero attached hydrogens (tertiary/aromatic N) is 1. The quantitative estimate of drug-likeness (QED) is 0.854. The van der Waals surface area contributed by atoms with Gasteiger partial charge in [-0.05, 0) is 23.8 Å². The van der Waals surface area contributed by atoms with Gasteiger partial charge in [0.25, 0.3) is 5.91 Å². The van der Waals surface area contributed by atoms with Crippen molar-refractivity contribution in [1.82, 2.24) is 4.90 Å². The first-order chi connectivity index (χ1) is 11.2. The molecule has 0 radical (unpaired) electrons. The monoisotopic (exact) mass is 317 g/mol. The van der Waals surface area contributed by atoms with Crippen LogP contribution < -0.4 is 0 Å². The first-order valence-electron chi connectivity index (χ1n) is 7.37. The number of benzene rings is 2. The second-order valence-electron chi connectivity index (χ2n) is 5.18. The minimum Gasteiger partial charge on any atom is -0.395 e. The lowest BCUT2D eigenvalue weighted by Crippen LogP contribution is -2.33. The third-order valence-electron chi connectivity index (χ3n) is 3.47. The molecule has 122 valence electrons. The van der Waals surface area contributed by atoms with E-state index < -0.39 is 5.82 Å². The van der Waals surface area contributed by atoms with Gasteiger partial charge in [0.1, 0.15) is 5.82 Å². The first kappa shape index (κ1) is 17.1. The summed E-state index contributed by atoms with van der Waals surface area (Å²) in [6.07, 6.45) is 0. The molecule has 0 saturated heterocycles. The zero-order chi connectivity index (χ0) is 16.7. The second-order valence-corrected chi connectivity index (χ2v) is 5.18. The van der Waals surface area contributed by atoms with Crippen LogP contribution in [0.2, 0.25) is 0 Å². The summed E-state index contributed by atoms with van der Waals surface area (Å²) < 4.78 is 18.6. The van der Waals surface area contributed by atoms with Crippen molar-refractivity contribution in [3.63, 3.8) is 0 Å². The number of hydrogen-bond donors (Lipinski definition) is 1. The van der Waals surface area contributed by atoms with E-state index in [1.165, 1.54) is 25.3 Å². The van der Waals surface area contributed by atoms with Crippen LogP contribution >= 0.6 is 0 Å². The Labute approximate surface area is 135 Å².